The van der Waals surface area contributed by atoms with Crippen molar-refractivity contribution in [3.05, 3.63) is 0 Å². The van der Waals surface area contributed by atoms with Crippen molar-refractivity contribution in [2.45, 2.75) is 39.7 Å². The van der Waals surface area contributed by atoms with Crippen molar-refractivity contribution < 1.29 is 9.53 Å². The lowest BCUT2D eigenvalue weighted by molar-refractivity contribution is -0.143. The Balaban J connectivity index is 3.69. The van der Waals surface area contributed by atoms with Crippen LogP contribution in [0.1, 0.15) is 34.1 Å². The molecule has 0 aromatic rings. The molecule has 0 N–H and O–H groups in total. The summed E-state index contributed by atoms with van der Waals surface area (Å²) in [5.74, 6) is -0.325. The van der Waals surface area contributed by atoms with Gasteiger partial charge in [-0.1, -0.05) is 32.4 Å². The van der Waals surface area contributed by atoms with Crippen molar-refractivity contribution >= 4 is 17.6 Å². The van der Waals surface area contributed by atoms with E-state index in [9.17, 15) is 4.79 Å². The lowest BCUT2D eigenvalue weighted by Crippen LogP contribution is -2.17. The van der Waals surface area contributed by atoms with E-state index in [-0.39, 0.29) is 11.4 Å². The predicted molar refractivity (Wildman–Crippen MR) is 45.5 cm³/mol. The second-order valence-corrected chi connectivity index (χ2v) is 4.27. The zero-order valence-electron chi connectivity index (χ0n) is 7.48. The number of hydrogen-bond donors (Lipinski definition) is 0. The first-order valence-electron chi connectivity index (χ1n) is 3.62. The number of esters is 1. The molecule has 0 rings (SSSR count). The largest absolute Gasteiger partial charge is 0.446 e. The Morgan fingerprint density at radius 3 is 2.27 bits per heavy atom. The third-order valence-corrected chi connectivity index (χ3v) is 1.31. The van der Waals surface area contributed by atoms with Crippen LogP contribution >= 0.6 is 11.6 Å². The molecule has 0 aliphatic heterocycles. The van der Waals surface area contributed by atoms with E-state index < -0.39 is 5.56 Å². The third kappa shape index (κ3) is 7.66. The van der Waals surface area contributed by atoms with Gasteiger partial charge in [-0.15, -0.1) is 0 Å². The van der Waals surface area contributed by atoms with Crippen LogP contribution in [0.5, 0.6) is 0 Å². The fourth-order valence-corrected chi connectivity index (χ4v) is 1.29. The van der Waals surface area contributed by atoms with E-state index in [1.807, 2.05) is 20.8 Å². The van der Waals surface area contributed by atoms with Crippen LogP contribution in [0, 0.1) is 5.41 Å². The quantitative estimate of drug-likeness (QED) is 0.480. The van der Waals surface area contributed by atoms with Gasteiger partial charge in [0.2, 0.25) is 0 Å². The molecular formula is C8H15ClO2. The molecule has 0 aromatic carbocycles. The summed E-state index contributed by atoms with van der Waals surface area (Å²) in [4.78, 5) is 10.4. The number of ether oxygens (including phenoxy) is 1. The van der Waals surface area contributed by atoms with Crippen molar-refractivity contribution in [3.63, 3.8) is 0 Å². The highest BCUT2D eigenvalue weighted by Crippen LogP contribution is 2.24. The van der Waals surface area contributed by atoms with Gasteiger partial charge in [-0.25, -0.2) is 0 Å². The SMILES string of the molecule is CC(=O)O[C@@H](Cl)CC(C)(C)C. The maximum absolute atomic E-state index is 10.4. The molecule has 0 amide bonds. The van der Waals surface area contributed by atoms with Gasteiger partial charge >= 0.3 is 5.97 Å². The maximum Gasteiger partial charge on any atom is 0.304 e. The number of rotatable bonds is 2. The van der Waals surface area contributed by atoms with Crippen LogP contribution in [0.3, 0.4) is 0 Å². The highest BCUT2D eigenvalue weighted by molar-refractivity contribution is 6.20. The van der Waals surface area contributed by atoms with Gasteiger partial charge in [0.25, 0.3) is 0 Å². The molecule has 1 atom stereocenters. The molecule has 2 nitrogen and oxygen atoms in total. The van der Waals surface area contributed by atoms with Crippen molar-refractivity contribution in [1.29, 1.82) is 0 Å². The van der Waals surface area contributed by atoms with E-state index in [0.29, 0.717) is 6.42 Å². The monoisotopic (exact) mass is 178 g/mol. The van der Waals surface area contributed by atoms with E-state index >= 15 is 0 Å². The normalized spacial score (nSPS) is 14.3. The Kier molecular flexibility index (Phi) is 3.87. The van der Waals surface area contributed by atoms with Crippen LogP contribution in [0.25, 0.3) is 0 Å². The molecule has 0 aliphatic carbocycles. The third-order valence-electron chi connectivity index (χ3n) is 1.07. The summed E-state index contributed by atoms with van der Waals surface area (Å²) in [5, 5.41) is 0. The van der Waals surface area contributed by atoms with Gasteiger partial charge in [0.1, 0.15) is 0 Å². The van der Waals surface area contributed by atoms with E-state index in [0.717, 1.165) is 0 Å². The molecule has 0 bridgehead atoms. The van der Waals surface area contributed by atoms with Gasteiger partial charge in [-0.3, -0.25) is 4.79 Å². The van der Waals surface area contributed by atoms with Crippen LogP contribution in [0.4, 0.5) is 0 Å². The van der Waals surface area contributed by atoms with Gasteiger partial charge in [-0.05, 0) is 5.41 Å². The maximum atomic E-state index is 10.4. The Labute approximate surface area is 72.9 Å². The Morgan fingerprint density at radius 1 is 1.55 bits per heavy atom. The Bertz CT molecular complexity index is 138. The van der Waals surface area contributed by atoms with Crippen LogP contribution < -0.4 is 0 Å². The lowest BCUT2D eigenvalue weighted by atomic mass is 9.93. The van der Waals surface area contributed by atoms with Gasteiger partial charge in [-0.2, -0.15) is 0 Å². The van der Waals surface area contributed by atoms with Crippen molar-refractivity contribution in [3.8, 4) is 0 Å². The molecule has 0 fully saturated rings. The minimum absolute atomic E-state index is 0.0991. The van der Waals surface area contributed by atoms with Crippen LogP contribution in [0.2, 0.25) is 0 Å². The predicted octanol–water partition coefficient (Wildman–Crippen LogP) is 2.55. The standard InChI is InChI=1S/C8H15ClO2/c1-6(10)11-7(9)5-8(2,3)4/h7H,5H2,1-4H3/t7-/m1/s1. The Hall–Kier alpha value is -0.240. The van der Waals surface area contributed by atoms with Crippen LogP contribution in [0.15, 0.2) is 0 Å². The lowest BCUT2D eigenvalue weighted by Gasteiger charge is -2.21. The molecule has 0 heterocycles. The Morgan fingerprint density at radius 2 is 2.00 bits per heavy atom. The molecule has 3 heteroatoms. The zero-order chi connectivity index (χ0) is 9.07. The number of carbonyl (C=O) groups is 1. The molecule has 0 saturated carbocycles. The van der Waals surface area contributed by atoms with Gasteiger partial charge < -0.3 is 4.74 Å². The molecule has 0 unspecified atom stereocenters. The molecule has 11 heavy (non-hydrogen) atoms. The minimum atomic E-state index is -0.493. The summed E-state index contributed by atoms with van der Waals surface area (Å²) >= 11 is 5.72. The second-order valence-electron chi connectivity index (χ2n) is 3.78. The summed E-state index contributed by atoms with van der Waals surface area (Å²) in [6, 6.07) is 0. The second kappa shape index (κ2) is 3.96. The highest BCUT2D eigenvalue weighted by atomic mass is 35.5. The topological polar surface area (TPSA) is 26.3 Å². The molecule has 0 aliphatic rings. The number of alkyl halides is 1. The highest BCUT2D eigenvalue weighted by Gasteiger charge is 2.18. The molecule has 0 aromatic heterocycles. The summed E-state index contributed by atoms with van der Waals surface area (Å²) in [7, 11) is 0. The smallest absolute Gasteiger partial charge is 0.304 e. The molecule has 0 radical (unpaired) electrons. The molecule has 0 spiro atoms. The van der Waals surface area contributed by atoms with Gasteiger partial charge in [0.15, 0.2) is 5.56 Å². The summed E-state index contributed by atoms with van der Waals surface area (Å²) in [5.41, 5.74) is -0.394. The van der Waals surface area contributed by atoms with E-state index in [1.54, 1.807) is 0 Å². The van der Waals surface area contributed by atoms with E-state index in [2.05, 4.69) is 0 Å². The van der Waals surface area contributed by atoms with E-state index in [4.69, 9.17) is 16.3 Å². The van der Waals surface area contributed by atoms with Crippen LogP contribution in [-0.4, -0.2) is 11.5 Å². The fourth-order valence-electron chi connectivity index (χ4n) is 0.703. The van der Waals surface area contributed by atoms with Crippen LogP contribution in [-0.2, 0) is 9.53 Å². The zero-order valence-corrected chi connectivity index (χ0v) is 8.23. The number of halogens is 1. The molecule has 66 valence electrons. The number of carbonyl (C=O) groups excluding carboxylic acids is 1. The summed E-state index contributed by atoms with van der Waals surface area (Å²) < 4.78 is 4.75. The van der Waals surface area contributed by atoms with E-state index in [1.165, 1.54) is 6.92 Å². The van der Waals surface area contributed by atoms with Gasteiger partial charge in [0, 0.05) is 13.3 Å². The van der Waals surface area contributed by atoms with Gasteiger partial charge in [0.05, 0.1) is 0 Å². The first kappa shape index (κ1) is 10.8. The van der Waals surface area contributed by atoms with Crippen molar-refractivity contribution in [1.82, 2.24) is 0 Å². The summed E-state index contributed by atoms with van der Waals surface area (Å²) in [6.45, 7) is 7.50. The fraction of sp³-hybridized carbons (Fsp3) is 0.875. The molecule has 0 saturated heterocycles. The first-order chi connectivity index (χ1) is 4.81. The summed E-state index contributed by atoms with van der Waals surface area (Å²) in [6.07, 6.45) is 0.675. The minimum Gasteiger partial charge on any atom is -0.446 e. The first-order valence-corrected chi connectivity index (χ1v) is 4.06. The van der Waals surface area contributed by atoms with Crippen molar-refractivity contribution in [2.24, 2.45) is 5.41 Å². The average Bonchev–Trinajstić information content (AvgIpc) is 1.53. The van der Waals surface area contributed by atoms with Crippen molar-refractivity contribution in [2.75, 3.05) is 0 Å². The molecular weight excluding hydrogens is 164 g/mol. The number of hydrogen-bond acceptors (Lipinski definition) is 2. The average molecular weight is 179 g/mol.